The third-order valence-electron chi connectivity index (χ3n) is 11.8. The zero-order chi connectivity index (χ0) is 28.0. The van der Waals surface area contributed by atoms with Crippen LogP contribution in [-0.4, -0.2) is 81.1 Å². The van der Waals surface area contributed by atoms with Crippen molar-refractivity contribution in [1.29, 1.82) is 0 Å². The van der Waals surface area contributed by atoms with Gasteiger partial charge in [0, 0.05) is 23.3 Å². The van der Waals surface area contributed by atoms with Crippen LogP contribution in [0.2, 0.25) is 0 Å². The first-order valence-electron chi connectivity index (χ1n) is 14.4. The molecule has 0 radical (unpaired) electrons. The number of aliphatic hydroxyl groups excluding tert-OH is 1. The standard InChI is InChI=1S/C29H40O10/c1-15-11-28(35,24(33)34)25(38-15)39-22-10-17-3-4-20-19(27(17,14-30)12-21(22)31)5-7-26(2)18(6-8-29(20,26)36)16-9-23(32)37-13-16/h9,14-15,17-22,25,31,35-36H,3-8,10-13H2,1-2H3,(H,33,34)/t15-,17+,18-,19+,20-,21-,22-,25+,26-,27-,28+,29+/m1/s1. The van der Waals surface area contributed by atoms with Crippen LogP contribution in [0.4, 0.5) is 0 Å². The molecule has 6 rings (SSSR count). The number of aliphatic carboxylic acids is 1. The van der Waals surface area contributed by atoms with Crippen LogP contribution in [0.5, 0.6) is 0 Å². The Balaban J connectivity index is 1.24. The molecule has 216 valence electrons. The molecule has 39 heavy (non-hydrogen) atoms. The number of carboxylic acid groups (broad SMARTS) is 1. The van der Waals surface area contributed by atoms with Gasteiger partial charge in [0.2, 0.25) is 5.60 Å². The lowest BCUT2D eigenvalue weighted by Crippen LogP contribution is -2.65. The number of carboxylic acids is 1. The summed E-state index contributed by atoms with van der Waals surface area (Å²) in [5.74, 6) is -2.02. The molecular weight excluding hydrogens is 508 g/mol. The van der Waals surface area contributed by atoms with Crippen molar-refractivity contribution in [3.63, 3.8) is 0 Å². The van der Waals surface area contributed by atoms with Gasteiger partial charge >= 0.3 is 11.9 Å². The molecule has 0 aromatic carbocycles. The van der Waals surface area contributed by atoms with Crippen molar-refractivity contribution in [2.24, 2.45) is 34.5 Å². The third-order valence-corrected chi connectivity index (χ3v) is 11.8. The van der Waals surface area contributed by atoms with Crippen LogP contribution in [0.3, 0.4) is 0 Å². The van der Waals surface area contributed by atoms with Crippen molar-refractivity contribution < 1.29 is 49.0 Å². The first-order chi connectivity index (χ1) is 18.4. The van der Waals surface area contributed by atoms with Crippen LogP contribution in [0.15, 0.2) is 11.6 Å². The number of ether oxygens (including phenoxy) is 3. The molecule has 0 aromatic heterocycles. The van der Waals surface area contributed by atoms with Gasteiger partial charge in [-0.25, -0.2) is 9.59 Å². The number of aldehydes is 1. The summed E-state index contributed by atoms with van der Waals surface area (Å²) in [6.45, 7) is 4.06. The molecule has 4 N–H and O–H groups in total. The average Bonchev–Trinajstić information content (AvgIpc) is 3.52. The van der Waals surface area contributed by atoms with Gasteiger partial charge in [0.05, 0.1) is 23.9 Å². The van der Waals surface area contributed by atoms with Crippen LogP contribution in [0.1, 0.15) is 71.6 Å². The zero-order valence-corrected chi connectivity index (χ0v) is 22.6. The molecule has 4 saturated carbocycles. The number of esters is 1. The Kier molecular flexibility index (Phi) is 6.36. The first kappa shape index (κ1) is 27.3. The highest BCUT2D eigenvalue weighted by Gasteiger charge is 2.69. The van der Waals surface area contributed by atoms with Crippen LogP contribution in [0.25, 0.3) is 0 Å². The lowest BCUT2D eigenvalue weighted by atomic mass is 9.43. The van der Waals surface area contributed by atoms with Gasteiger partial charge in [0.1, 0.15) is 12.9 Å². The monoisotopic (exact) mass is 548 g/mol. The van der Waals surface area contributed by atoms with Gasteiger partial charge in [-0.2, -0.15) is 0 Å². The van der Waals surface area contributed by atoms with Crippen molar-refractivity contribution >= 4 is 18.2 Å². The number of carbonyl (C=O) groups excluding carboxylic acids is 2. The maximum absolute atomic E-state index is 12.9. The summed E-state index contributed by atoms with van der Waals surface area (Å²) in [6.07, 6.45) is 3.43. The van der Waals surface area contributed by atoms with Crippen molar-refractivity contribution in [2.75, 3.05) is 6.61 Å². The minimum atomic E-state index is -2.20. The Hall–Kier alpha value is -1.85. The summed E-state index contributed by atoms with van der Waals surface area (Å²) >= 11 is 0. The molecule has 6 aliphatic rings. The molecule has 0 spiro atoms. The number of rotatable bonds is 5. The van der Waals surface area contributed by atoms with Crippen molar-refractivity contribution in [1.82, 2.24) is 0 Å². The SMILES string of the molecule is C[C@@H]1C[C@](O)(C(=O)O)[C@H](O[C@@H]2C[C@@H]3CC[C@@H]4[C@H](CC[C@]5(C)[C@@H](C6=CC(=O)OC6)CC[C@]45O)[C@@]3(C=O)C[C@H]2O)O1. The predicted octanol–water partition coefficient (Wildman–Crippen LogP) is 1.73. The number of cyclic esters (lactones) is 1. The van der Waals surface area contributed by atoms with Gasteiger partial charge < -0.3 is 39.4 Å². The smallest absolute Gasteiger partial charge is 0.341 e. The summed E-state index contributed by atoms with van der Waals surface area (Å²) in [5, 5.41) is 43.9. The lowest BCUT2D eigenvalue weighted by Gasteiger charge is -2.63. The first-order valence-corrected chi connectivity index (χ1v) is 14.4. The van der Waals surface area contributed by atoms with E-state index in [-0.39, 0.29) is 49.1 Å². The molecule has 0 bridgehead atoms. The highest BCUT2D eigenvalue weighted by Crippen LogP contribution is 2.69. The van der Waals surface area contributed by atoms with Crippen LogP contribution in [0, 0.1) is 34.5 Å². The maximum Gasteiger partial charge on any atom is 0.341 e. The van der Waals surface area contributed by atoms with E-state index in [2.05, 4.69) is 6.92 Å². The second-order valence-corrected chi connectivity index (χ2v) is 13.4. The summed E-state index contributed by atoms with van der Waals surface area (Å²) in [5.41, 5.74) is -3.49. The Morgan fingerprint density at radius 1 is 1.13 bits per heavy atom. The zero-order valence-electron chi connectivity index (χ0n) is 22.6. The Labute approximate surface area is 227 Å². The van der Waals surface area contributed by atoms with E-state index in [9.17, 15) is 34.8 Å². The highest BCUT2D eigenvalue weighted by molar-refractivity contribution is 5.85. The van der Waals surface area contributed by atoms with E-state index < -0.39 is 52.6 Å². The van der Waals surface area contributed by atoms with E-state index in [0.29, 0.717) is 25.7 Å². The van der Waals surface area contributed by atoms with E-state index in [1.807, 2.05) is 0 Å². The van der Waals surface area contributed by atoms with Gasteiger partial charge in [0.15, 0.2) is 6.29 Å². The molecular formula is C29H40O10. The topological polar surface area (TPSA) is 160 Å². The Morgan fingerprint density at radius 2 is 1.90 bits per heavy atom. The number of hydrogen-bond acceptors (Lipinski definition) is 9. The molecule has 12 atom stereocenters. The van der Waals surface area contributed by atoms with E-state index in [1.165, 1.54) is 0 Å². The summed E-state index contributed by atoms with van der Waals surface area (Å²) < 4.78 is 16.7. The van der Waals surface area contributed by atoms with Crippen molar-refractivity contribution in [2.45, 2.75) is 107 Å². The van der Waals surface area contributed by atoms with Gasteiger partial charge in [-0.1, -0.05) is 6.92 Å². The van der Waals surface area contributed by atoms with E-state index >= 15 is 0 Å². The predicted molar refractivity (Wildman–Crippen MR) is 134 cm³/mol. The number of aliphatic hydroxyl groups is 3. The van der Waals surface area contributed by atoms with E-state index in [1.54, 1.807) is 13.0 Å². The van der Waals surface area contributed by atoms with Gasteiger partial charge in [-0.05, 0) is 87.5 Å². The maximum atomic E-state index is 12.9. The number of carbonyl (C=O) groups is 3. The Morgan fingerprint density at radius 3 is 2.56 bits per heavy atom. The molecule has 1 saturated heterocycles. The van der Waals surface area contributed by atoms with Crippen LogP contribution >= 0.6 is 0 Å². The van der Waals surface area contributed by atoms with Gasteiger partial charge in [0.25, 0.3) is 0 Å². The summed E-state index contributed by atoms with van der Waals surface area (Å²) in [4.78, 5) is 36.5. The molecule has 0 amide bonds. The quantitative estimate of drug-likeness (QED) is 0.294. The molecule has 4 aliphatic carbocycles. The van der Waals surface area contributed by atoms with Crippen molar-refractivity contribution in [3.05, 3.63) is 11.6 Å². The summed E-state index contributed by atoms with van der Waals surface area (Å²) in [7, 11) is 0. The van der Waals surface area contributed by atoms with Crippen LogP contribution in [-0.2, 0) is 28.6 Å². The minimum absolute atomic E-state index is 0.0521. The van der Waals surface area contributed by atoms with Crippen LogP contribution < -0.4 is 0 Å². The Bertz CT molecular complexity index is 1090. The fourth-order valence-electron chi connectivity index (χ4n) is 9.84. The molecule has 10 heteroatoms. The largest absolute Gasteiger partial charge is 0.479 e. The van der Waals surface area contributed by atoms with Gasteiger partial charge in [-0.15, -0.1) is 0 Å². The molecule has 10 nitrogen and oxygen atoms in total. The second-order valence-electron chi connectivity index (χ2n) is 13.4. The second kappa shape index (κ2) is 9.08. The minimum Gasteiger partial charge on any atom is -0.479 e. The average molecular weight is 549 g/mol. The normalized spacial score (nSPS) is 52.8. The van der Waals surface area contributed by atoms with E-state index in [4.69, 9.17) is 14.2 Å². The fraction of sp³-hybridized carbons (Fsp3) is 0.828. The molecule has 0 unspecified atom stereocenters. The molecule has 0 aromatic rings. The third kappa shape index (κ3) is 3.74. The molecule has 2 heterocycles. The van der Waals surface area contributed by atoms with Gasteiger partial charge in [-0.3, -0.25) is 0 Å². The lowest BCUT2D eigenvalue weighted by molar-refractivity contribution is -0.261. The number of hydrogen-bond donors (Lipinski definition) is 4. The fourth-order valence-corrected chi connectivity index (χ4v) is 9.84. The number of fused-ring (bicyclic) bond motifs is 5. The summed E-state index contributed by atoms with van der Waals surface area (Å²) in [6, 6.07) is 0. The molecule has 2 aliphatic heterocycles. The van der Waals surface area contributed by atoms with Crippen molar-refractivity contribution in [3.8, 4) is 0 Å². The van der Waals surface area contributed by atoms with E-state index in [0.717, 1.165) is 31.1 Å². The highest BCUT2D eigenvalue weighted by atomic mass is 16.7. The molecule has 5 fully saturated rings.